The first-order valence-electron chi connectivity index (χ1n) is 10.1. The van der Waals surface area contributed by atoms with Gasteiger partial charge in [-0.3, -0.25) is 0 Å². The molecule has 1 aromatic rings. The maximum Gasteiger partial charge on any atom is 0.340 e. The smallest absolute Gasteiger partial charge is 0.340 e. The fourth-order valence-electron chi connectivity index (χ4n) is 5.53. The van der Waals surface area contributed by atoms with E-state index in [1.54, 1.807) is 12.1 Å². The van der Waals surface area contributed by atoms with Crippen LogP contribution < -0.4 is 5.73 Å². The van der Waals surface area contributed by atoms with Crippen LogP contribution in [0.4, 0.5) is 5.69 Å². The molecule has 2 bridgehead atoms. The van der Waals surface area contributed by atoms with Crippen molar-refractivity contribution in [3.63, 3.8) is 0 Å². The fraction of sp³-hybridized carbons (Fsp3) is 0.591. The molecule has 1 aromatic carbocycles. The van der Waals surface area contributed by atoms with Crippen molar-refractivity contribution in [3.8, 4) is 0 Å². The molecule has 3 aliphatic rings. The lowest BCUT2D eigenvalue weighted by Crippen LogP contribution is -2.66. The van der Waals surface area contributed by atoms with E-state index in [0.717, 1.165) is 38.9 Å². The number of carbonyl (C=O) groups excluding carboxylic acids is 1. The Hall–Kier alpha value is -1.85. The summed E-state index contributed by atoms with van der Waals surface area (Å²) in [5.74, 6) is -0.334. The third-order valence-electron chi connectivity index (χ3n) is 6.71. The van der Waals surface area contributed by atoms with Crippen LogP contribution in [0.5, 0.6) is 0 Å². The van der Waals surface area contributed by atoms with Gasteiger partial charge in [0.25, 0.3) is 0 Å². The highest BCUT2D eigenvalue weighted by molar-refractivity contribution is 5.94. The number of ether oxygens (including phenoxy) is 2. The maximum absolute atomic E-state index is 12.7. The van der Waals surface area contributed by atoms with Crippen LogP contribution in [0.1, 0.15) is 43.0 Å². The molecule has 5 heteroatoms. The first-order chi connectivity index (χ1) is 13.1. The Bertz CT molecular complexity index is 734. The van der Waals surface area contributed by atoms with Gasteiger partial charge in [0.2, 0.25) is 0 Å². The SMILES string of the molecule is CCN1C[C@@]23CC=CCO[C@@H]2[C@@](COC(=O)c2ccccc2N)(CCC3)C1. The Morgan fingerprint density at radius 2 is 2.15 bits per heavy atom. The molecule has 27 heavy (non-hydrogen) atoms. The minimum Gasteiger partial charge on any atom is -0.461 e. The molecule has 0 aromatic heterocycles. The molecule has 2 fully saturated rings. The largest absolute Gasteiger partial charge is 0.461 e. The van der Waals surface area contributed by atoms with Crippen molar-refractivity contribution >= 4 is 11.7 Å². The van der Waals surface area contributed by atoms with Crippen LogP contribution in [0.2, 0.25) is 0 Å². The molecular weight excluding hydrogens is 340 g/mol. The van der Waals surface area contributed by atoms with Crippen molar-refractivity contribution in [1.82, 2.24) is 4.90 Å². The Kier molecular flexibility index (Phi) is 4.99. The van der Waals surface area contributed by atoms with E-state index in [4.69, 9.17) is 15.2 Å². The van der Waals surface area contributed by atoms with Gasteiger partial charge in [-0.15, -0.1) is 0 Å². The second-order valence-corrected chi connectivity index (χ2v) is 8.43. The summed E-state index contributed by atoms with van der Waals surface area (Å²) >= 11 is 0. The van der Waals surface area contributed by atoms with Crippen LogP contribution in [0.25, 0.3) is 0 Å². The van der Waals surface area contributed by atoms with Gasteiger partial charge in [-0.2, -0.15) is 0 Å². The van der Waals surface area contributed by atoms with Crippen molar-refractivity contribution in [2.45, 2.75) is 38.7 Å². The van der Waals surface area contributed by atoms with Crippen LogP contribution in [0.15, 0.2) is 36.4 Å². The Balaban J connectivity index is 1.59. The minimum atomic E-state index is -0.334. The topological polar surface area (TPSA) is 64.8 Å². The number of nitrogens with zero attached hydrogens (tertiary/aromatic N) is 1. The number of anilines is 1. The monoisotopic (exact) mass is 370 g/mol. The van der Waals surface area contributed by atoms with Gasteiger partial charge in [0.1, 0.15) is 6.61 Å². The molecule has 3 atom stereocenters. The van der Waals surface area contributed by atoms with Gasteiger partial charge in [-0.25, -0.2) is 4.79 Å². The zero-order valence-electron chi connectivity index (χ0n) is 16.2. The van der Waals surface area contributed by atoms with E-state index < -0.39 is 0 Å². The number of benzene rings is 1. The third kappa shape index (κ3) is 3.27. The highest BCUT2D eigenvalue weighted by Gasteiger charge is 2.59. The molecule has 1 aliphatic carbocycles. The normalized spacial score (nSPS) is 33.1. The van der Waals surface area contributed by atoms with E-state index in [0.29, 0.717) is 24.5 Å². The van der Waals surface area contributed by atoms with Crippen LogP contribution in [-0.2, 0) is 9.47 Å². The van der Waals surface area contributed by atoms with Crippen molar-refractivity contribution in [2.75, 3.05) is 38.6 Å². The van der Waals surface area contributed by atoms with Crippen molar-refractivity contribution < 1.29 is 14.3 Å². The van der Waals surface area contributed by atoms with Crippen LogP contribution in [0, 0.1) is 10.8 Å². The lowest BCUT2D eigenvalue weighted by atomic mass is 9.56. The fourth-order valence-corrected chi connectivity index (χ4v) is 5.53. The summed E-state index contributed by atoms with van der Waals surface area (Å²) in [6.07, 6.45) is 8.99. The number of hydrogen-bond donors (Lipinski definition) is 1. The van der Waals surface area contributed by atoms with E-state index in [9.17, 15) is 4.79 Å². The molecule has 0 spiro atoms. The van der Waals surface area contributed by atoms with Gasteiger partial charge in [0.05, 0.1) is 18.3 Å². The minimum absolute atomic E-state index is 0.137. The number of likely N-dealkylation sites (tertiary alicyclic amines) is 1. The molecule has 2 aliphatic heterocycles. The number of rotatable bonds is 4. The summed E-state index contributed by atoms with van der Waals surface area (Å²) in [6, 6.07) is 7.11. The molecule has 0 radical (unpaired) electrons. The number of piperidine rings is 1. The summed E-state index contributed by atoms with van der Waals surface area (Å²) in [5.41, 5.74) is 6.86. The molecule has 4 rings (SSSR count). The van der Waals surface area contributed by atoms with Crippen molar-refractivity contribution in [1.29, 1.82) is 0 Å². The van der Waals surface area contributed by atoms with Crippen molar-refractivity contribution in [3.05, 3.63) is 42.0 Å². The van der Waals surface area contributed by atoms with E-state index in [1.165, 1.54) is 6.42 Å². The first kappa shape index (κ1) is 18.5. The predicted octanol–water partition coefficient (Wildman–Crippen LogP) is 3.26. The molecule has 2 heterocycles. The van der Waals surface area contributed by atoms with Crippen LogP contribution in [-0.4, -0.2) is 49.8 Å². The maximum atomic E-state index is 12.7. The molecule has 0 amide bonds. The van der Waals surface area contributed by atoms with Gasteiger partial charge in [-0.05, 0) is 37.9 Å². The quantitative estimate of drug-likeness (QED) is 0.501. The van der Waals surface area contributed by atoms with E-state index in [1.807, 2.05) is 12.1 Å². The highest BCUT2D eigenvalue weighted by Crippen LogP contribution is 2.55. The third-order valence-corrected chi connectivity index (χ3v) is 6.71. The molecule has 1 saturated heterocycles. The number of allylic oxidation sites excluding steroid dienone is 1. The van der Waals surface area contributed by atoms with Gasteiger partial charge in [0, 0.05) is 29.6 Å². The zero-order chi connectivity index (χ0) is 18.9. The second kappa shape index (κ2) is 7.28. The second-order valence-electron chi connectivity index (χ2n) is 8.43. The number of carbonyl (C=O) groups is 1. The molecule has 2 N–H and O–H groups in total. The standard InChI is InChI=1S/C22H30N2O3/c1-2-24-14-21-10-5-6-13-26-20(21)22(15-24,12-7-11-21)16-27-19(25)17-8-3-4-9-18(17)23/h3-6,8-9,20H,2,7,10-16,23H2,1H3/t20-,21-,22-/m0/s1. The number of nitrogens with two attached hydrogens (primary N) is 1. The number of esters is 1. The van der Waals surface area contributed by atoms with Crippen LogP contribution >= 0.6 is 0 Å². The highest BCUT2D eigenvalue weighted by atomic mass is 16.5. The summed E-state index contributed by atoms with van der Waals surface area (Å²) in [6.45, 7) is 6.26. The average Bonchev–Trinajstić information content (AvgIpc) is 2.89. The zero-order valence-corrected chi connectivity index (χ0v) is 16.2. The van der Waals surface area contributed by atoms with E-state index >= 15 is 0 Å². The average molecular weight is 370 g/mol. The Morgan fingerprint density at radius 1 is 1.30 bits per heavy atom. The number of hydrogen-bond acceptors (Lipinski definition) is 5. The molecule has 0 unspecified atom stereocenters. The van der Waals surface area contributed by atoms with E-state index in [-0.39, 0.29) is 22.9 Å². The summed E-state index contributed by atoms with van der Waals surface area (Å²) in [7, 11) is 0. The summed E-state index contributed by atoms with van der Waals surface area (Å²) < 4.78 is 12.3. The lowest BCUT2D eigenvalue weighted by Gasteiger charge is -2.60. The van der Waals surface area contributed by atoms with Crippen molar-refractivity contribution in [2.24, 2.45) is 10.8 Å². The number of nitrogen functional groups attached to an aromatic ring is 1. The molecule has 5 nitrogen and oxygen atoms in total. The molecular formula is C22H30N2O3. The van der Waals surface area contributed by atoms with Gasteiger partial charge in [-0.1, -0.05) is 37.6 Å². The van der Waals surface area contributed by atoms with Gasteiger partial charge < -0.3 is 20.1 Å². The molecule has 1 saturated carbocycles. The summed E-state index contributed by atoms with van der Waals surface area (Å²) in [4.78, 5) is 15.2. The summed E-state index contributed by atoms with van der Waals surface area (Å²) in [5, 5.41) is 0. The van der Waals surface area contributed by atoms with Gasteiger partial charge in [0.15, 0.2) is 0 Å². The lowest BCUT2D eigenvalue weighted by molar-refractivity contribution is -0.197. The predicted molar refractivity (Wildman–Crippen MR) is 105 cm³/mol. The number of para-hydroxylation sites is 1. The Morgan fingerprint density at radius 3 is 2.96 bits per heavy atom. The molecule has 146 valence electrons. The Labute approximate surface area is 161 Å². The van der Waals surface area contributed by atoms with E-state index in [2.05, 4.69) is 24.0 Å². The van der Waals surface area contributed by atoms with Crippen LogP contribution in [0.3, 0.4) is 0 Å². The first-order valence-corrected chi connectivity index (χ1v) is 10.1. The van der Waals surface area contributed by atoms with Gasteiger partial charge >= 0.3 is 5.97 Å².